The number of ketones is 1. The molecule has 16 heavy (non-hydrogen) atoms. The molecule has 0 aliphatic rings. The van der Waals surface area contributed by atoms with E-state index in [1.165, 1.54) is 24.3 Å². The summed E-state index contributed by atoms with van der Waals surface area (Å²) in [5.41, 5.74) is -3.27. The number of Topliss-reactive ketones (excluding diaryl/α,β-unsaturated/α-hetero) is 1. The molecule has 1 rings (SSSR count). The predicted molar refractivity (Wildman–Crippen MR) is 69.0 cm³/mol. The quantitative estimate of drug-likeness (QED) is 0.715. The van der Waals surface area contributed by atoms with Gasteiger partial charge in [0.2, 0.25) is 0 Å². The molecule has 0 aliphatic carbocycles. The maximum atomic E-state index is 12.7. The summed E-state index contributed by atoms with van der Waals surface area (Å²) in [6.45, 7) is -9.37. The van der Waals surface area contributed by atoms with Crippen LogP contribution in [0.4, 0.5) is 0 Å². The lowest BCUT2D eigenvalue weighted by atomic mass is 9.82. The zero-order valence-corrected chi connectivity index (χ0v) is 9.56. The minimum atomic E-state index is -3.46. The van der Waals surface area contributed by atoms with Crippen molar-refractivity contribution in [3.8, 4) is 0 Å². The molecule has 0 bridgehead atoms. The van der Waals surface area contributed by atoms with E-state index in [9.17, 15) is 4.79 Å². The summed E-state index contributed by atoms with van der Waals surface area (Å²) < 4.78 is 76.7. The standard InChI is InChI=1S/C14H19ClO/c1-10(9-14(2,3)4)13(16)11-6-5-7-12(15)8-11/h5-8,10H,9H2,1-4H3/i2D3,3D3,4D3,10D. The maximum absolute atomic E-state index is 12.7. The highest BCUT2D eigenvalue weighted by Gasteiger charge is 2.21. The summed E-state index contributed by atoms with van der Waals surface area (Å²) in [4.78, 5) is 12.7. The van der Waals surface area contributed by atoms with Crippen molar-refractivity contribution in [2.45, 2.75) is 33.9 Å². The molecule has 88 valence electrons. The van der Waals surface area contributed by atoms with Crippen LogP contribution in [-0.2, 0) is 0 Å². The van der Waals surface area contributed by atoms with Gasteiger partial charge in [0.25, 0.3) is 0 Å². The molecule has 1 aromatic carbocycles. The molecule has 0 saturated heterocycles. The number of carbonyl (C=O) groups excluding carboxylic acids is 1. The molecule has 0 saturated carbocycles. The van der Waals surface area contributed by atoms with Crippen LogP contribution in [0.25, 0.3) is 0 Å². The predicted octanol–water partition coefficient (Wildman–Crippen LogP) is 4.60. The van der Waals surface area contributed by atoms with Crippen LogP contribution in [0, 0.1) is 11.3 Å². The monoisotopic (exact) mass is 248 g/mol. The molecular weight excluding hydrogens is 220 g/mol. The average Bonchev–Trinajstić information content (AvgIpc) is 2.40. The Morgan fingerprint density at radius 1 is 1.56 bits per heavy atom. The lowest BCUT2D eigenvalue weighted by Crippen LogP contribution is -2.18. The summed E-state index contributed by atoms with van der Waals surface area (Å²) in [6, 6.07) is 5.51. The van der Waals surface area contributed by atoms with E-state index in [0.29, 0.717) is 0 Å². The van der Waals surface area contributed by atoms with Gasteiger partial charge >= 0.3 is 0 Å². The van der Waals surface area contributed by atoms with Gasteiger partial charge in [-0.2, -0.15) is 0 Å². The number of hydrogen-bond acceptors (Lipinski definition) is 1. The van der Waals surface area contributed by atoms with E-state index in [2.05, 4.69) is 0 Å². The van der Waals surface area contributed by atoms with Crippen LogP contribution in [0.1, 0.15) is 58.0 Å². The van der Waals surface area contributed by atoms with Crippen LogP contribution >= 0.6 is 11.6 Å². The second-order valence-electron chi connectivity index (χ2n) is 3.70. The Morgan fingerprint density at radius 3 is 2.81 bits per heavy atom. The van der Waals surface area contributed by atoms with E-state index in [0.717, 1.165) is 6.92 Å². The minimum Gasteiger partial charge on any atom is -0.294 e. The third-order valence-corrected chi connectivity index (χ3v) is 2.24. The van der Waals surface area contributed by atoms with Gasteiger partial charge in [-0.1, -0.05) is 51.2 Å². The van der Waals surface area contributed by atoms with Gasteiger partial charge in [0.1, 0.15) is 0 Å². The Labute approximate surface area is 117 Å². The largest absolute Gasteiger partial charge is 0.294 e. The highest BCUT2D eigenvalue weighted by atomic mass is 35.5. The molecule has 1 nitrogen and oxygen atoms in total. The van der Waals surface area contributed by atoms with Crippen LogP contribution in [0.15, 0.2) is 24.3 Å². The van der Waals surface area contributed by atoms with Gasteiger partial charge in [-0.3, -0.25) is 4.79 Å². The van der Waals surface area contributed by atoms with Crippen molar-refractivity contribution >= 4 is 17.4 Å². The van der Waals surface area contributed by atoms with Gasteiger partial charge in [-0.05, 0) is 24.0 Å². The Morgan fingerprint density at radius 2 is 2.25 bits per heavy atom. The molecule has 0 radical (unpaired) electrons. The summed E-state index contributed by atoms with van der Waals surface area (Å²) in [5, 5.41) is 0.195. The topological polar surface area (TPSA) is 17.1 Å². The van der Waals surface area contributed by atoms with Crippen molar-refractivity contribution in [3.63, 3.8) is 0 Å². The molecule has 1 atom stereocenters. The van der Waals surface area contributed by atoms with Crippen LogP contribution in [-0.4, -0.2) is 5.78 Å². The van der Waals surface area contributed by atoms with Gasteiger partial charge in [0.05, 0.1) is 0 Å². The fourth-order valence-electron chi connectivity index (χ4n) is 1.35. The van der Waals surface area contributed by atoms with E-state index < -0.39 is 44.1 Å². The molecule has 0 N–H and O–H groups in total. The van der Waals surface area contributed by atoms with Gasteiger partial charge in [0.15, 0.2) is 5.78 Å². The van der Waals surface area contributed by atoms with Crippen LogP contribution in [0.2, 0.25) is 5.02 Å². The summed E-state index contributed by atoms with van der Waals surface area (Å²) in [6.07, 6.45) is -1.20. The van der Waals surface area contributed by atoms with Crippen LogP contribution < -0.4 is 0 Å². The van der Waals surface area contributed by atoms with Gasteiger partial charge < -0.3 is 0 Å². The van der Waals surface area contributed by atoms with E-state index in [4.69, 9.17) is 25.3 Å². The molecule has 1 unspecified atom stereocenters. The Balaban J connectivity index is 3.53. The first kappa shape index (κ1) is 4.81. The molecule has 1 aromatic rings. The second kappa shape index (κ2) is 5.01. The van der Waals surface area contributed by atoms with E-state index in [1.54, 1.807) is 0 Å². The van der Waals surface area contributed by atoms with Crippen molar-refractivity contribution in [3.05, 3.63) is 34.9 Å². The first-order valence-corrected chi connectivity index (χ1v) is 5.05. The summed E-state index contributed by atoms with van der Waals surface area (Å²) in [7, 11) is 0. The number of benzene rings is 1. The number of hydrogen-bond donors (Lipinski definition) is 0. The molecule has 0 heterocycles. The Hall–Kier alpha value is -0.820. The normalized spacial score (nSPS) is 27.1. The number of rotatable bonds is 3. The average molecular weight is 249 g/mol. The number of carbonyl (C=O) groups is 1. The number of halogens is 1. The SMILES string of the molecule is [2H]C(C)(CC(C([2H])([2H])[2H])(C([2H])([2H])[2H])C([2H])([2H])[2H])C(=O)c1cccc(Cl)c1. The van der Waals surface area contributed by atoms with Crippen molar-refractivity contribution in [2.24, 2.45) is 11.3 Å². The zero-order valence-electron chi connectivity index (χ0n) is 18.8. The Bertz CT molecular complexity index is 635. The minimum absolute atomic E-state index is 0.0366. The molecular formula is C14H19ClO. The second-order valence-corrected chi connectivity index (χ2v) is 4.14. The summed E-state index contributed by atoms with van der Waals surface area (Å²) >= 11 is 5.81. The summed E-state index contributed by atoms with van der Waals surface area (Å²) in [5.74, 6) is -3.23. The third-order valence-electron chi connectivity index (χ3n) is 2.00. The Kier molecular flexibility index (Phi) is 1.51. The third kappa shape index (κ3) is 3.97. The van der Waals surface area contributed by atoms with Crippen molar-refractivity contribution < 1.29 is 18.5 Å². The molecule has 0 aromatic heterocycles. The molecule has 0 amide bonds. The highest BCUT2D eigenvalue weighted by Crippen LogP contribution is 2.26. The van der Waals surface area contributed by atoms with E-state index >= 15 is 0 Å². The lowest BCUT2D eigenvalue weighted by molar-refractivity contribution is 0.0897. The van der Waals surface area contributed by atoms with Crippen molar-refractivity contribution in [1.82, 2.24) is 0 Å². The fraction of sp³-hybridized carbons (Fsp3) is 0.500. The lowest BCUT2D eigenvalue weighted by Gasteiger charge is -2.22. The smallest absolute Gasteiger partial charge is 0.165 e. The first-order chi connectivity index (χ1) is 11.4. The van der Waals surface area contributed by atoms with E-state index in [-0.39, 0.29) is 10.6 Å². The molecule has 0 spiro atoms. The molecule has 2 heteroatoms. The fourth-order valence-corrected chi connectivity index (χ4v) is 1.54. The van der Waals surface area contributed by atoms with Gasteiger partial charge in [-0.25, -0.2) is 0 Å². The van der Waals surface area contributed by atoms with Crippen molar-refractivity contribution in [2.75, 3.05) is 0 Å². The first-order valence-electron chi connectivity index (χ1n) is 9.67. The maximum Gasteiger partial charge on any atom is 0.165 e. The highest BCUT2D eigenvalue weighted by molar-refractivity contribution is 6.31. The molecule has 0 aliphatic heterocycles. The van der Waals surface area contributed by atoms with Gasteiger partial charge in [-0.15, -0.1) is 0 Å². The van der Waals surface area contributed by atoms with Crippen molar-refractivity contribution in [1.29, 1.82) is 0 Å². The van der Waals surface area contributed by atoms with Crippen LogP contribution in [0.3, 0.4) is 0 Å². The van der Waals surface area contributed by atoms with E-state index in [1.807, 2.05) is 0 Å². The zero-order chi connectivity index (χ0) is 20.8. The molecule has 0 fully saturated rings. The van der Waals surface area contributed by atoms with Crippen LogP contribution in [0.5, 0.6) is 0 Å². The van der Waals surface area contributed by atoms with Gasteiger partial charge in [0, 0.05) is 30.2 Å².